The van der Waals surface area contributed by atoms with Crippen molar-refractivity contribution < 1.29 is 13.2 Å². The van der Waals surface area contributed by atoms with Gasteiger partial charge in [-0.1, -0.05) is 42.5 Å². The van der Waals surface area contributed by atoms with Crippen LogP contribution in [-0.2, 0) is 10.0 Å². The molecule has 1 aromatic heterocycles. The maximum atomic E-state index is 12.6. The quantitative estimate of drug-likeness (QED) is 0.609. The second-order valence-corrected chi connectivity index (χ2v) is 7.14. The molecule has 6 heteroatoms. The van der Waals surface area contributed by atoms with Crippen LogP contribution in [0.15, 0.2) is 94.5 Å². The summed E-state index contributed by atoms with van der Waals surface area (Å²) >= 11 is 0. The number of nitrogens with zero attached hydrogens (tertiary/aromatic N) is 2. The van der Waals surface area contributed by atoms with Crippen LogP contribution in [0.1, 0.15) is 11.1 Å². The van der Waals surface area contributed by atoms with Crippen molar-refractivity contribution >= 4 is 21.8 Å². The molecule has 3 aromatic rings. The highest BCUT2D eigenvalue weighted by molar-refractivity contribution is 7.90. The largest absolute Gasteiger partial charge is 0.497 e. The Balaban J connectivity index is 2.04. The number of ether oxygens (including phenoxy) is 1. The molecule has 0 unspecified atom stereocenters. The zero-order valence-electron chi connectivity index (χ0n) is 14.7. The Morgan fingerprint density at radius 2 is 1.67 bits per heavy atom. The second-order valence-electron chi connectivity index (χ2n) is 5.59. The van der Waals surface area contributed by atoms with Crippen molar-refractivity contribution in [2.24, 2.45) is 4.40 Å². The van der Waals surface area contributed by atoms with Gasteiger partial charge >= 0.3 is 0 Å². The fourth-order valence-electron chi connectivity index (χ4n) is 2.36. The molecule has 0 N–H and O–H groups in total. The summed E-state index contributed by atoms with van der Waals surface area (Å²) in [7, 11) is -2.36. The third-order valence-corrected chi connectivity index (χ3v) is 4.95. The Morgan fingerprint density at radius 3 is 2.30 bits per heavy atom. The van der Waals surface area contributed by atoms with Crippen molar-refractivity contribution in [3.05, 3.63) is 96.2 Å². The highest BCUT2D eigenvalue weighted by atomic mass is 32.2. The normalized spacial score (nSPS) is 12.3. The fraction of sp³-hybridized carbons (Fsp3) is 0.0476. The summed E-state index contributed by atoms with van der Waals surface area (Å²) in [4.78, 5) is 3.90. The van der Waals surface area contributed by atoms with Gasteiger partial charge in [-0.05, 0) is 48.0 Å². The van der Waals surface area contributed by atoms with Crippen LogP contribution in [-0.4, -0.2) is 26.2 Å². The molecule has 1 heterocycles. The molecule has 0 aliphatic carbocycles. The number of rotatable bonds is 6. The number of methoxy groups -OCH3 is 1. The van der Waals surface area contributed by atoms with Gasteiger partial charge in [0.15, 0.2) is 5.03 Å². The number of hydrogen-bond acceptors (Lipinski definition) is 4. The Hall–Kier alpha value is -3.25. The van der Waals surface area contributed by atoms with Crippen molar-refractivity contribution in [3.63, 3.8) is 0 Å². The molecule has 0 radical (unpaired) electrons. The van der Waals surface area contributed by atoms with E-state index in [-0.39, 0.29) is 5.03 Å². The lowest BCUT2D eigenvalue weighted by atomic mass is 10.1. The van der Waals surface area contributed by atoms with E-state index in [0.717, 1.165) is 5.56 Å². The first-order valence-corrected chi connectivity index (χ1v) is 9.66. The summed E-state index contributed by atoms with van der Waals surface area (Å²) in [5.41, 5.74) is 1.91. The van der Waals surface area contributed by atoms with Gasteiger partial charge in [-0.25, -0.2) is 4.98 Å². The fourth-order valence-corrected chi connectivity index (χ4v) is 3.32. The topological polar surface area (TPSA) is 68.6 Å². The van der Waals surface area contributed by atoms with Gasteiger partial charge in [-0.2, -0.15) is 12.8 Å². The van der Waals surface area contributed by atoms with Crippen LogP contribution >= 0.6 is 0 Å². The Kier molecular flexibility index (Phi) is 5.78. The Bertz CT molecular complexity index is 1040. The standard InChI is InChI=1S/C21H18N2O3S/c1-26-19-13-11-18(12-14-19)20(15-10-17-7-3-2-4-8-17)23-27(24,25)21-9-5-6-16-22-21/h2-16H,1H3/b15-10+,23-20+. The molecule has 0 aliphatic heterocycles. The predicted octanol–water partition coefficient (Wildman–Crippen LogP) is 3.98. The monoisotopic (exact) mass is 378 g/mol. The maximum Gasteiger partial charge on any atom is 0.300 e. The number of benzene rings is 2. The van der Waals surface area contributed by atoms with Gasteiger partial charge < -0.3 is 4.74 Å². The van der Waals surface area contributed by atoms with Crippen molar-refractivity contribution in [2.75, 3.05) is 7.11 Å². The summed E-state index contributed by atoms with van der Waals surface area (Å²) in [6.07, 6.45) is 4.92. The second kappa shape index (κ2) is 8.42. The highest BCUT2D eigenvalue weighted by Crippen LogP contribution is 2.16. The summed E-state index contributed by atoms with van der Waals surface area (Å²) in [5.74, 6) is 0.678. The molecule has 27 heavy (non-hydrogen) atoms. The van der Waals surface area contributed by atoms with Crippen LogP contribution in [0.25, 0.3) is 6.08 Å². The lowest BCUT2D eigenvalue weighted by molar-refractivity contribution is 0.415. The highest BCUT2D eigenvalue weighted by Gasteiger charge is 2.15. The average molecular weight is 378 g/mol. The zero-order valence-corrected chi connectivity index (χ0v) is 15.5. The number of pyridine rings is 1. The first-order valence-electron chi connectivity index (χ1n) is 8.22. The van der Waals surface area contributed by atoms with Gasteiger partial charge in [0.2, 0.25) is 0 Å². The van der Waals surface area contributed by atoms with Gasteiger partial charge in [-0.3, -0.25) is 0 Å². The van der Waals surface area contributed by atoms with E-state index in [1.54, 1.807) is 49.6 Å². The number of aromatic nitrogens is 1. The summed E-state index contributed by atoms with van der Waals surface area (Å²) < 4.78 is 34.5. The lowest BCUT2D eigenvalue weighted by Gasteiger charge is -2.05. The Labute approximate surface area is 158 Å². The molecule has 0 atom stereocenters. The molecule has 0 aliphatic rings. The molecule has 0 amide bonds. The molecule has 0 spiro atoms. The van der Waals surface area contributed by atoms with Crippen molar-refractivity contribution in [3.8, 4) is 5.75 Å². The lowest BCUT2D eigenvalue weighted by Crippen LogP contribution is -2.06. The van der Waals surface area contributed by atoms with Gasteiger partial charge in [0.25, 0.3) is 10.0 Å². The van der Waals surface area contributed by atoms with Crippen molar-refractivity contribution in [1.29, 1.82) is 0 Å². The Morgan fingerprint density at radius 1 is 0.963 bits per heavy atom. The van der Waals surface area contributed by atoms with Crippen molar-refractivity contribution in [2.45, 2.75) is 5.03 Å². The zero-order chi connectivity index (χ0) is 19.1. The van der Waals surface area contributed by atoms with E-state index in [1.165, 1.54) is 12.3 Å². The minimum atomic E-state index is -3.93. The maximum absolute atomic E-state index is 12.6. The molecule has 2 aromatic carbocycles. The molecular formula is C21H18N2O3S. The first kappa shape index (κ1) is 18.5. The number of sulfonamides is 1. The van der Waals surface area contributed by atoms with Crippen LogP contribution in [0.4, 0.5) is 0 Å². The summed E-state index contributed by atoms with van der Waals surface area (Å²) in [6.45, 7) is 0. The van der Waals surface area contributed by atoms with Crippen LogP contribution in [0.3, 0.4) is 0 Å². The van der Waals surface area contributed by atoms with Crippen LogP contribution < -0.4 is 4.74 Å². The molecule has 0 bridgehead atoms. The third kappa shape index (κ3) is 4.89. The molecule has 0 saturated carbocycles. The first-order chi connectivity index (χ1) is 13.1. The molecule has 5 nitrogen and oxygen atoms in total. The van der Waals surface area contributed by atoms with E-state index in [0.29, 0.717) is 17.0 Å². The summed E-state index contributed by atoms with van der Waals surface area (Å²) in [6, 6.07) is 21.3. The molecular weight excluding hydrogens is 360 g/mol. The molecule has 0 fully saturated rings. The summed E-state index contributed by atoms with van der Waals surface area (Å²) in [5, 5.41) is -0.0934. The van der Waals surface area contributed by atoms with E-state index in [9.17, 15) is 8.42 Å². The van der Waals surface area contributed by atoms with Gasteiger partial charge in [0, 0.05) is 11.8 Å². The average Bonchev–Trinajstić information content (AvgIpc) is 2.72. The van der Waals surface area contributed by atoms with E-state index in [4.69, 9.17) is 4.74 Å². The van der Waals surface area contributed by atoms with E-state index < -0.39 is 10.0 Å². The minimum absolute atomic E-state index is 0.0934. The van der Waals surface area contributed by atoms with Gasteiger partial charge in [0.1, 0.15) is 5.75 Å². The molecule has 136 valence electrons. The van der Waals surface area contributed by atoms with Gasteiger partial charge in [-0.15, -0.1) is 0 Å². The van der Waals surface area contributed by atoms with Crippen molar-refractivity contribution in [1.82, 2.24) is 4.98 Å². The van der Waals surface area contributed by atoms with Gasteiger partial charge in [0.05, 0.1) is 12.8 Å². The smallest absolute Gasteiger partial charge is 0.300 e. The predicted molar refractivity (Wildman–Crippen MR) is 106 cm³/mol. The van der Waals surface area contributed by atoms with E-state index in [2.05, 4.69) is 9.38 Å². The SMILES string of the molecule is COc1ccc(C(/C=C/c2ccccc2)=N/S(=O)(=O)c2ccccn2)cc1. The molecule has 3 rings (SSSR count). The van der Waals surface area contributed by atoms with Crippen LogP contribution in [0.5, 0.6) is 5.75 Å². The van der Waals surface area contributed by atoms with Crippen LogP contribution in [0, 0.1) is 0 Å². The van der Waals surface area contributed by atoms with E-state index in [1.807, 2.05) is 36.4 Å². The van der Waals surface area contributed by atoms with E-state index >= 15 is 0 Å². The minimum Gasteiger partial charge on any atom is -0.497 e. The number of hydrogen-bond donors (Lipinski definition) is 0. The van der Waals surface area contributed by atoms with Crippen LogP contribution in [0.2, 0.25) is 0 Å². The third-order valence-electron chi connectivity index (χ3n) is 3.74. The number of allylic oxidation sites excluding steroid dienone is 1. The molecule has 0 saturated heterocycles.